The first-order valence-corrected chi connectivity index (χ1v) is 10.2. The molecule has 1 aromatic carbocycles. The number of aryl methyl sites for hydroxylation is 1. The number of likely N-dealkylation sites (tertiary alicyclic amines) is 1. The van der Waals surface area contributed by atoms with Gasteiger partial charge >= 0.3 is 6.09 Å². The summed E-state index contributed by atoms with van der Waals surface area (Å²) in [4.78, 5) is 26.3. The number of piperidine rings is 1. The molecule has 1 saturated heterocycles. The molecule has 2 N–H and O–H groups in total. The predicted molar refractivity (Wildman–Crippen MR) is 111 cm³/mol. The first-order chi connectivity index (χ1) is 12.6. The number of rotatable bonds is 5. The third kappa shape index (κ3) is 7.89. The van der Waals surface area contributed by atoms with E-state index in [1.807, 2.05) is 45.9 Å². The minimum atomic E-state index is -0.495. The first kappa shape index (κ1) is 21.7. The highest BCUT2D eigenvalue weighted by Crippen LogP contribution is 2.23. The van der Waals surface area contributed by atoms with Gasteiger partial charge in [0.2, 0.25) is 5.91 Å². The number of carbonyl (C=O) groups is 2. The van der Waals surface area contributed by atoms with Crippen molar-refractivity contribution in [1.82, 2.24) is 10.2 Å². The Kier molecular flexibility index (Phi) is 7.68. The van der Waals surface area contributed by atoms with Gasteiger partial charge in [0.1, 0.15) is 5.60 Å². The van der Waals surface area contributed by atoms with Crippen LogP contribution in [0.4, 0.5) is 10.5 Å². The fourth-order valence-corrected chi connectivity index (χ4v) is 3.71. The lowest BCUT2D eigenvalue weighted by atomic mass is 9.98. The predicted octanol–water partition coefficient (Wildman–Crippen LogP) is 3.93. The molecule has 1 unspecified atom stereocenters. The number of nitrogens with zero attached hydrogens (tertiary/aromatic N) is 1. The molecule has 1 aliphatic rings. The standard InChI is InChI=1S/C20H30BrN3O3/c1-14-7-8-17(16(21)10-14)23-18(25)13-24-9-5-6-15(12-24)11-22-19(26)27-20(2,3)4/h7-8,10,15H,5-6,9,11-13H2,1-4H3,(H,22,26)(H,23,25). The van der Waals surface area contributed by atoms with Crippen LogP contribution in [-0.4, -0.2) is 48.7 Å². The van der Waals surface area contributed by atoms with Crippen molar-refractivity contribution < 1.29 is 14.3 Å². The molecular formula is C20H30BrN3O3. The minimum Gasteiger partial charge on any atom is -0.444 e. The SMILES string of the molecule is Cc1ccc(NC(=O)CN2CCCC(CNC(=O)OC(C)(C)C)C2)c(Br)c1. The normalized spacial score (nSPS) is 18.0. The van der Waals surface area contributed by atoms with E-state index >= 15 is 0 Å². The number of carbonyl (C=O) groups excluding carboxylic acids is 2. The number of nitrogens with one attached hydrogen (secondary N) is 2. The average molecular weight is 440 g/mol. The summed E-state index contributed by atoms with van der Waals surface area (Å²) in [5.74, 6) is 0.297. The van der Waals surface area contributed by atoms with Gasteiger partial charge in [-0.1, -0.05) is 6.07 Å². The molecule has 1 heterocycles. The number of hydrogen-bond acceptors (Lipinski definition) is 4. The Labute approximate surface area is 170 Å². The van der Waals surface area contributed by atoms with Gasteiger partial charge in [-0.2, -0.15) is 0 Å². The Morgan fingerprint density at radius 1 is 1.33 bits per heavy atom. The number of ether oxygens (including phenoxy) is 1. The van der Waals surface area contributed by atoms with Gasteiger partial charge in [-0.3, -0.25) is 9.69 Å². The molecule has 27 heavy (non-hydrogen) atoms. The number of amides is 2. The van der Waals surface area contributed by atoms with Crippen molar-refractivity contribution in [2.24, 2.45) is 5.92 Å². The molecule has 0 saturated carbocycles. The molecule has 1 aliphatic heterocycles. The van der Waals surface area contributed by atoms with Crippen LogP contribution in [0.5, 0.6) is 0 Å². The fourth-order valence-electron chi connectivity index (χ4n) is 3.12. The van der Waals surface area contributed by atoms with Gasteiger partial charge in [-0.25, -0.2) is 4.79 Å². The van der Waals surface area contributed by atoms with Crippen molar-refractivity contribution in [3.8, 4) is 0 Å². The summed E-state index contributed by atoms with van der Waals surface area (Å²) in [5, 5.41) is 5.80. The van der Waals surface area contributed by atoms with Crippen LogP contribution in [0, 0.1) is 12.8 Å². The Bertz CT molecular complexity index is 673. The van der Waals surface area contributed by atoms with Crippen LogP contribution in [-0.2, 0) is 9.53 Å². The van der Waals surface area contributed by atoms with Crippen molar-refractivity contribution in [1.29, 1.82) is 0 Å². The van der Waals surface area contributed by atoms with Crippen LogP contribution in [0.1, 0.15) is 39.2 Å². The fraction of sp³-hybridized carbons (Fsp3) is 0.600. The zero-order chi connectivity index (χ0) is 20.0. The molecule has 2 rings (SSSR count). The molecule has 0 aliphatic carbocycles. The van der Waals surface area contributed by atoms with E-state index in [0.29, 0.717) is 19.0 Å². The molecule has 1 aromatic rings. The van der Waals surface area contributed by atoms with E-state index in [1.54, 1.807) is 0 Å². The number of anilines is 1. The van der Waals surface area contributed by atoms with Crippen LogP contribution in [0.15, 0.2) is 22.7 Å². The highest BCUT2D eigenvalue weighted by atomic mass is 79.9. The van der Waals surface area contributed by atoms with Crippen LogP contribution in [0.3, 0.4) is 0 Å². The van der Waals surface area contributed by atoms with Crippen LogP contribution < -0.4 is 10.6 Å². The third-order valence-corrected chi connectivity index (χ3v) is 4.96. The molecule has 6 nitrogen and oxygen atoms in total. The van der Waals surface area contributed by atoms with Crippen molar-refractivity contribution in [3.05, 3.63) is 28.2 Å². The molecule has 0 aromatic heterocycles. The quantitative estimate of drug-likeness (QED) is 0.728. The number of benzene rings is 1. The van der Waals surface area contributed by atoms with Gasteiger partial charge in [0, 0.05) is 17.6 Å². The zero-order valence-electron chi connectivity index (χ0n) is 16.6. The summed E-state index contributed by atoms with van der Waals surface area (Å²) in [7, 11) is 0. The largest absolute Gasteiger partial charge is 0.444 e. The Morgan fingerprint density at radius 3 is 2.74 bits per heavy atom. The number of halogens is 1. The smallest absolute Gasteiger partial charge is 0.407 e. The van der Waals surface area contributed by atoms with E-state index in [4.69, 9.17) is 4.74 Å². The highest BCUT2D eigenvalue weighted by molar-refractivity contribution is 9.10. The van der Waals surface area contributed by atoms with Crippen molar-refractivity contribution in [2.75, 3.05) is 31.5 Å². The molecule has 0 spiro atoms. The van der Waals surface area contributed by atoms with E-state index in [9.17, 15) is 9.59 Å². The number of alkyl carbamates (subject to hydrolysis) is 1. The first-order valence-electron chi connectivity index (χ1n) is 9.37. The second-order valence-electron chi connectivity index (χ2n) is 8.16. The zero-order valence-corrected chi connectivity index (χ0v) is 18.2. The maximum atomic E-state index is 12.4. The summed E-state index contributed by atoms with van der Waals surface area (Å²) >= 11 is 3.48. The molecule has 150 valence electrons. The summed E-state index contributed by atoms with van der Waals surface area (Å²) < 4.78 is 6.16. The lowest BCUT2D eigenvalue weighted by molar-refractivity contribution is -0.117. The maximum absolute atomic E-state index is 12.4. The summed E-state index contributed by atoms with van der Waals surface area (Å²) in [6.45, 7) is 10.2. The Balaban J connectivity index is 1.78. The Hall–Kier alpha value is -1.60. The van der Waals surface area contributed by atoms with Gasteiger partial charge in [0.15, 0.2) is 0 Å². The molecule has 1 fully saturated rings. The molecular weight excluding hydrogens is 410 g/mol. The monoisotopic (exact) mass is 439 g/mol. The molecule has 2 amide bonds. The van der Waals surface area contributed by atoms with Crippen LogP contribution in [0.2, 0.25) is 0 Å². The molecule has 7 heteroatoms. The summed E-state index contributed by atoms with van der Waals surface area (Å²) in [6, 6.07) is 5.86. The minimum absolute atomic E-state index is 0.0275. The maximum Gasteiger partial charge on any atom is 0.407 e. The molecule has 1 atom stereocenters. The van der Waals surface area contributed by atoms with Gasteiger partial charge in [0.05, 0.1) is 12.2 Å². The van der Waals surface area contributed by atoms with E-state index in [-0.39, 0.29) is 12.0 Å². The average Bonchev–Trinajstić information content (AvgIpc) is 2.54. The van der Waals surface area contributed by atoms with Crippen LogP contribution >= 0.6 is 15.9 Å². The number of hydrogen-bond donors (Lipinski definition) is 2. The second-order valence-corrected chi connectivity index (χ2v) is 9.01. The van der Waals surface area contributed by atoms with E-state index in [0.717, 1.165) is 41.7 Å². The van der Waals surface area contributed by atoms with Crippen molar-refractivity contribution in [2.45, 2.75) is 46.1 Å². The Morgan fingerprint density at radius 2 is 2.07 bits per heavy atom. The van der Waals surface area contributed by atoms with Gasteiger partial charge < -0.3 is 15.4 Å². The topological polar surface area (TPSA) is 70.7 Å². The summed E-state index contributed by atoms with van der Waals surface area (Å²) in [5.41, 5.74) is 1.42. The van der Waals surface area contributed by atoms with Crippen LogP contribution in [0.25, 0.3) is 0 Å². The third-order valence-electron chi connectivity index (χ3n) is 4.30. The van der Waals surface area contributed by atoms with Gasteiger partial charge in [-0.05, 0) is 86.6 Å². The van der Waals surface area contributed by atoms with E-state index < -0.39 is 5.60 Å². The van der Waals surface area contributed by atoms with Crippen molar-refractivity contribution in [3.63, 3.8) is 0 Å². The van der Waals surface area contributed by atoms with Gasteiger partial charge in [0.25, 0.3) is 0 Å². The lowest BCUT2D eigenvalue weighted by Gasteiger charge is -2.32. The summed E-state index contributed by atoms with van der Waals surface area (Å²) in [6.07, 6.45) is 1.67. The van der Waals surface area contributed by atoms with Crippen molar-refractivity contribution >= 4 is 33.6 Å². The molecule has 0 bridgehead atoms. The van der Waals surface area contributed by atoms with E-state index in [1.165, 1.54) is 0 Å². The highest BCUT2D eigenvalue weighted by Gasteiger charge is 2.23. The molecule has 0 radical (unpaired) electrons. The lowest BCUT2D eigenvalue weighted by Crippen LogP contribution is -2.44. The second kappa shape index (κ2) is 9.55. The van der Waals surface area contributed by atoms with E-state index in [2.05, 4.69) is 31.5 Å². The van der Waals surface area contributed by atoms with Gasteiger partial charge in [-0.15, -0.1) is 0 Å².